The highest BCUT2D eigenvalue weighted by atomic mass is 32.1. The van der Waals surface area contributed by atoms with Crippen molar-refractivity contribution in [2.75, 3.05) is 7.11 Å². The monoisotopic (exact) mass is 430 g/mol. The predicted molar refractivity (Wildman–Crippen MR) is 111 cm³/mol. The number of nitrogens with one attached hydrogen (secondary N) is 1. The second-order valence-electron chi connectivity index (χ2n) is 8.11. The summed E-state index contributed by atoms with van der Waals surface area (Å²) in [6.45, 7) is 2.30. The second-order valence-corrected chi connectivity index (χ2v) is 9.15. The number of carbonyl (C=O) groups is 3. The third kappa shape index (κ3) is 3.62. The van der Waals surface area contributed by atoms with E-state index in [1.807, 2.05) is 17.5 Å². The van der Waals surface area contributed by atoms with Crippen LogP contribution < -0.4 is 5.32 Å². The predicted octanol–water partition coefficient (Wildman–Crippen LogP) is 2.59. The van der Waals surface area contributed by atoms with Gasteiger partial charge in [0.2, 0.25) is 5.91 Å². The largest absolute Gasteiger partial charge is 0.464 e. The van der Waals surface area contributed by atoms with Crippen LogP contribution in [0.15, 0.2) is 23.8 Å². The van der Waals surface area contributed by atoms with Gasteiger partial charge in [-0.05, 0) is 31.2 Å². The molecule has 9 heteroatoms. The van der Waals surface area contributed by atoms with Gasteiger partial charge in [0.15, 0.2) is 5.69 Å². The number of rotatable bonds is 5. The van der Waals surface area contributed by atoms with Crippen molar-refractivity contribution in [2.24, 2.45) is 0 Å². The number of fused-ring (bicyclic) bond motifs is 1. The molecular formula is C21H26N4O4S. The van der Waals surface area contributed by atoms with Crippen LogP contribution in [0, 0.1) is 0 Å². The molecule has 2 aromatic heterocycles. The van der Waals surface area contributed by atoms with Crippen LogP contribution in [0.5, 0.6) is 0 Å². The zero-order valence-corrected chi connectivity index (χ0v) is 18.0. The molecule has 30 heavy (non-hydrogen) atoms. The SMILES string of the molecule is COC(=O)c1ncn2c1C(=O)N(Cc1cccs1)[C@](C)(C(=O)NC1CCCCC1)C2. The molecule has 2 aliphatic rings. The number of thiophene rings is 1. The summed E-state index contributed by atoms with van der Waals surface area (Å²) in [4.78, 5) is 45.8. The maximum Gasteiger partial charge on any atom is 0.359 e. The van der Waals surface area contributed by atoms with E-state index in [1.54, 1.807) is 16.4 Å². The summed E-state index contributed by atoms with van der Waals surface area (Å²) < 4.78 is 6.38. The number of hydrogen-bond donors (Lipinski definition) is 1. The standard InChI is InChI=1S/C21H26N4O4S/c1-21(20(28)23-14-7-4-3-5-8-14)12-24-13-22-16(19(27)29-2)17(24)18(26)25(21)11-15-9-6-10-30-15/h6,9-10,13-14H,3-5,7-8,11-12H2,1-2H3,(H,23,28)/t21-/m0/s1. The number of aromatic nitrogens is 2. The van der Waals surface area contributed by atoms with E-state index in [9.17, 15) is 14.4 Å². The van der Waals surface area contributed by atoms with E-state index >= 15 is 0 Å². The van der Waals surface area contributed by atoms with Gasteiger partial charge in [0.25, 0.3) is 5.91 Å². The third-order valence-electron chi connectivity index (χ3n) is 6.06. The van der Waals surface area contributed by atoms with E-state index in [-0.39, 0.29) is 36.4 Å². The summed E-state index contributed by atoms with van der Waals surface area (Å²) in [7, 11) is 1.26. The summed E-state index contributed by atoms with van der Waals surface area (Å²) in [6.07, 6.45) is 6.77. The summed E-state index contributed by atoms with van der Waals surface area (Å²) in [5, 5.41) is 5.11. The van der Waals surface area contributed by atoms with Crippen molar-refractivity contribution in [1.82, 2.24) is 19.8 Å². The molecule has 2 aromatic rings. The molecule has 8 nitrogen and oxygen atoms in total. The Bertz CT molecular complexity index is 948. The zero-order valence-electron chi connectivity index (χ0n) is 17.2. The van der Waals surface area contributed by atoms with Gasteiger partial charge in [-0.2, -0.15) is 0 Å². The molecule has 2 amide bonds. The molecule has 0 radical (unpaired) electrons. The lowest BCUT2D eigenvalue weighted by Gasteiger charge is -2.44. The first-order chi connectivity index (χ1) is 14.4. The molecule has 3 heterocycles. The van der Waals surface area contributed by atoms with Crippen LogP contribution in [-0.2, 0) is 22.6 Å². The van der Waals surface area contributed by atoms with Gasteiger partial charge < -0.3 is 19.5 Å². The van der Waals surface area contributed by atoms with E-state index < -0.39 is 17.4 Å². The minimum atomic E-state index is -1.10. The molecule has 0 bridgehead atoms. The Balaban J connectivity index is 1.69. The summed E-state index contributed by atoms with van der Waals surface area (Å²) in [6, 6.07) is 3.99. The van der Waals surface area contributed by atoms with Crippen LogP contribution in [0.4, 0.5) is 0 Å². The van der Waals surface area contributed by atoms with E-state index in [2.05, 4.69) is 10.3 Å². The van der Waals surface area contributed by atoms with Gasteiger partial charge in [-0.15, -0.1) is 11.3 Å². The van der Waals surface area contributed by atoms with Crippen LogP contribution in [0.1, 0.15) is 64.9 Å². The lowest BCUT2D eigenvalue weighted by atomic mass is 9.91. The molecule has 1 aliphatic carbocycles. The van der Waals surface area contributed by atoms with Crippen LogP contribution in [0.3, 0.4) is 0 Å². The highest BCUT2D eigenvalue weighted by Gasteiger charge is 2.49. The van der Waals surface area contributed by atoms with Crippen molar-refractivity contribution >= 4 is 29.1 Å². The zero-order chi connectivity index (χ0) is 21.3. The van der Waals surface area contributed by atoms with Crippen LogP contribution in [0.25, 0.3) is 0 Å². The molecule has 1 atom stereocenters. The van der Waals surface area contributed by atoms with Gasteiger partial charge in [0, 0.05) is 10.9 Å². The van der Waals surface area contributed by atoms with Gasteiger partial charge in [-0.25, -0.2) is 9.78 Å². The highest BCUT2D eigenvalue weighted by molar-refractivity contribution is 7.09. The maximum absolute atomic E-state index is 13.5. The quantitative estimate of drug-likeness (QED) is 0.736. The van der Waals surface area contributed by atoms with E-state index in [0.717, 1.165) is 30.6 Å². The molecule has 0 unspecified atom stereocenters. The average Bonchev–Trinajstić information content (AvgIpc) is 3.41. The van der Waals surface area contributed by atoms with E-state index in [4.69, 9.17) is 4.74 Å². The Labute approximate surface area is 179 Å². The van der Waals surface area contributed by atoms with Crippen molar-refractivity contribution in [3.8, 4) is 0 Å². The lowest BCUT2D eigenvalue weighted by molar-refractivity contribution is -0.134. The third-order valence-corrected chi connectivity index (χ3v) is 6.92. The Hall–Kier alpha value is -2.68. The Morgan fingerprint density at radius 1 is 1.33 bits per heavy atom. The molecule has 0 spiro atoms. The number of hydrogen-bond acceptors (Lipinski definition) is 6. The topological polar surface area (TPSA) is 93.5 Å². The molecule has 1 aliphatic heterocycles. The summed E-state index contributed by atoms with van der Waals surface area (Å²) in [5.74, 6) is -1.23. The Morgan fingerprint density at radius 3 is 2.77 bits per heavy atom. The normalized spacial score (nSPS) is 21.9. The fourth-order valence-corrected chi connectivity index (χ4v) is 5.02. The van der Waals surface area contributed by atoms with Gasteiger partial charge in [0.05, 0.1) is 26.5 Å². The number of imidazole rings is 1. The Kier molecular flexibility index (Phi) is 5.64. The number of carbonyl (C=O) groups excluding carboxylic acids is 3. The number of methoxy groups -OCH3 is 1. The lowest BCUT2D eigenvalue weighted by Crippen LogP contribution is -2.64. The van der Waals surface area contributed by atoms with E-state index in [1.165, 1.54) is 31.2 Å². The van der Waals surface area contributed by atoms with Gasteiger partial charge in [-0.3, -0.25) is 9.59 Å². The summed E-state index contributed by atoms with van der Waals surface area (Å²) in [5.41, 5.74) is -0.950. The van der Waals surface area contributed by atoms with Crippen molar-refractivity contribution in [3.63, 3.8) is 0 Å². The molecule has 0 aromatic carbocycles. The van der Waals surface area contributed by atoms with Crippen LogP contribution >= 0.6 is 11.3 Å². The van der Waals surface area contributed by atoms with Crippen LogP contribution in [-0.4, -0.2) is 50.9 Å². The maximum atomic E-state index is 13.5. The smallest absolute Gasteiger partial charge is 0.359 e. The van der Waals surface area contributed by atoms with Crippen molar-refractivity contribution in [3.05, 3.63) is 40.1 Å². The fraction of sp³-hybridized carbons (Fsp3) is 0.524. The van der Waals surface area contributed by atoms with Gasteiger partial charge in [-0.1, -0.05) is 25.3 Å². The van der Waals surface area contributed by atoms with Crippen LogP contribution in [0.2, 0.25) is 0 Å². The first-order valence-corrected chi connectivity index (χ1v) is 11.1. The first-order valence-electron chi connectivity index (χ1n) is 10.2. The molecule has 0 saturated heterocycles. The molecule has 4 rings (SSSR count). The van der Waals surface area contributed by atoms with Gasteiger partial charge in [0.1, 0.15) is 11.2 Å². The highest BCUT2D eigenvalue weighted by Crippen LogP contribution is 2.32. The second kappa shape index (κ2) is 8.22. The molecule has 1 saturated carbocycles. The summed E-state index contributed by atoms with van der Waals surface area (Å²) >= 11 is 1.53. The Morgan fingerprint density at radius 2 is 2.10 bits per heavy atom. The van der Waals surface area contributed by atoms with Crippen molar-refractivity contribution < 1.29 is 19.1 Å². The number of ether oxygens (including phenoxy) is 1. The first kappa shape index (κ1) is 20.6. The van der Waals surface area contributed by atoms with Crippen molar-refractivity contribution in [1.29, 1.82) is 0 Å². The number of esters is 1. The minimum absolute atomic E-state index is 0.0200. The van der Waals surface area contributed by atoms with Gasteiger partial charge >= 0.3 is 5.97 Å². The van der Waals surface area contributed by atoms with E-state index in [0.29, 0.717) is 0 Å². The average molecular weight is 431 g/mol. The van der Waals surface area contributed by atoms with Crippen molar-refractivity contribution in [2.45, 2.75) is 63.7 Å². The fourth-order valence-electron chi connectivity index (χ4n) is 4.33. The number of nitrogens with zero attached hydrogens (tertiary/aromatic N) is 3. The molecule has 160 valence electrons. The minimum Gasteiger partial charge on any atom is -0.464 e. The molecular weight excluding hydrogens is 404 g/mol. The molecule has 1 fully saturated rings. The molecule has 1 N–H and O–H groups in total. The number of amides is 2.